The van der Waals surface area contributed by atoms with Gasteiger partial charge in [0.15, 0.2) is 0 Å². The van der Waals surface area contributed by atoms with Gasteiger partial charge in [0.05, 0.1) is 0 Å². The summed E-state index contributed by atoms with van der Waals surface area (Å²) in [6.07, 6.45) is 3.31. The van der Waals surface area contributed by atoms with E-state index in [9.17, 15) is 4.79 Å². The van der Waals surface area contributed by atoms with Gasteiger partial charge in [-0.25, -0.2) is 5.48 Å². The maximum absolute atomic E-state index is 10.8. The molecule has 2 fully saturated rings. The molecule has 0 aromatic rings. The lowest BCUT2D eigenvalue weighted by atomic mass is 10.0. The molecule has 2 N–H and O–H groups in total. The molecule has 0 aromatic heterocycles. The molecule has 2 aliphatic carbocycles. The molecular formula is C7H11NO2. The van der Waals surface area contributed by atoms with Crippen LogP contribution in [0.5, 0.6) is 0 Å². The second kappa shape index (κ2) is 1.95. The lowest BCUT2D eigenvalue weighted by molar-refractivity contribution is -0.133. The predicted octanol–water partition coefficient (Wildman–Crippen LogP) is 0.538. The van der Waals surface area contributed by atoms with Crippen molar-refractivity contribution in [2.75, 3.05) is 0 Å². The lowest BCUT2D eigenvalue weighted by Crippen LogP contribution is -2.26. The van der Waals surface area contributed by atoms with Gasteiger partial charge in [0.1, 0.15) is 0 Å². The van der Waals surface area contributed by atoms with Crippen LogP contribution >= 0.6 is 0 Å². The molecule has 0 saturated heterocycles. The summed E-state index contributed by atoms with van der Waals surface area (Å²) in [5.41, 5.74) is 1.71. The van der Waals surface area contributed by atoms with Crippen LogP contribution in [0.2, 0.25) is 0 Å². The second-order valence-corrected chi connectivity index (χ2v) is 3.40. The van der Waals surface area contributed by atoms with Gasteiger partial charge in [-0.15, -0.1) is 0 Å². The highest BCUT2D eigenvalue weighted by Crippen LogP contribution is 2.54. The van der Waals surface area contributed by atoms with E-state index in [1.807, 2.05) is 0 Å². The number of hydrogen-bond acceptors (Lipinski definition) is 2. The van der Waals surface area contributed by atoms with Crippen LogP contribution in [0.15, 0.2) is 0 Å². The molecule has 0 heterocycles. The first-order valence-corrected chi connectivity index (χ1v) is 3.75. The smallest absolute Gasteiger partial charge is 0.246 e. The third-order valence-corrected chi connectivity index (χ3v) is 2.72. The summed E-state index contributed by atoms with van der Waals surface area (Å²) in [6, 6.07) is 0. The molecule has 2 aliphatic rings. The number of carbonyl (C=O) groups is 1. The average Bonchev–Trinajstić information content (AvgIpc) is 2.57. The van der Waals surface area contributed by atoms with E-state index >= 15 is 0 Å². The first kappa shape index (κ1) is 6.16. The summed E-state index contributed by atoms with van der Waals surface area (Å²) in [4.78, 5) is 10.8. The Morgan fingerprint density at radius 1 is 1.30 bits per heavy atom. The summed E-state index contributed by atoms with van der Waals surface area (Å²) in [7, 11) is 0. The maximum Gasteiger partial charge on any atom is 0.246 e. The molecule has 2 saturated carbocycles. The van der Waals surface area contributed by atoms with Crippen LogP contribution in [-0.2, 0) is 4.79 Å². The molecule has 0 radical (unpaired) electrons. The number of rotatable bonds is 1. The number of fused-ring (bicyclic) bond motifs is 1. The third-order valence-electron chi connectivity index (χ3n) is 2.72. The Hall–Kier alpha value is -0.570. The highest BCUT2D eigenvalue weighted by atomic mass is 16.5. The van der Waals surface area contributed by atoms with Crippen molar-refractivity contribution in [1.29, 1.82) is 0 Å². The molecule has 3 heteroatoms. The zero-order chi connectivity index (χ0) is 7.14. The Labute approximate surface area is 59.4 Å². The van der Waals surface area contributed by atoms with Crippen LogP contribution in [0.4, 0.5) is 0 Å². The van der Waals surface area contributed by atoms with Gasteiger partial charge in [-0.2, -0.15) is 0 Å². The van der Waals surface area contributed by atoms with Crippen molar-refractivity contribution in [2.45, 2.75) is 19.3 Å². The quantitative estimate of drug-likeness (QED) is 0.413. The van der Waals surface area contributed by atoms with Crippen molar-refractivity contribution in [2.24, 2.45) is 17.8 Å². The van der Waals surface area contributed by atoms with E-state index in [2.05, 4.69) is 0 Å². The molecule has 0 bridgehead atoms. The number of nitrogens with one attached hydrogen (secondary N) is 1. The minimum atomic E-state index is -0.188. The van der Waals surface area contributed by atoms with Gasteiger partial charge in [0, 0.05) is 5.92 Å². The fourth-order valence-electron chi connectivity index (χ4n) is 2.02. The van der Waals surface area contributed by atoms with Crippen molar-refractivity contribution < 1.29 is 10.0 Å². The van der Waals surface area contributed by atoms with Crippen molar-refractivity contribution in [3.63, 3.8) is 0 Å². The molecule has 0 aliphatic heterocycles. The number of amides is 1. The van der Waals surface area contributed by atoms with E-state index in [1.165, 1.54) is 6.42 Å². The monoisotopic (exact) mass is 141 g/mol. The molecule has 2 atom stereocenters. The molecule has 0 aromatic carbocycles. The Kier molecular flexibility index (Phi) is 1.20. The Morgan fingerprint density at radius 2 is 1.90 bits per heavy atom. The first-order chi connectivity index (χ1) is 4.81. The summed E-state index contributed by atoms with van der Waals surface area (Å²) in [5, 5.41) is 8.30. The first-order valence-electron chi connectivity index (χ1n) is 3.75. The highest BCUT2D eigenvalue weighted by Gasteiger charge is 2.47. The van der Waals surface area contributed by atoms with Gasteiger partial charge in [-0.05, 0) is 31.1 Å². The molecule has 2 rings (SSSR count). The molecule has 56 valence electrons. The molecule has 3 nitrogen and oxygen atoms in total. The summed E-state index contributed by atoms with van der Waals surface area (Å²) >= 11 is 0. The molecule has 0 spiro atoms. The topological polar surface area (TPSA) is 49.3 Å². The molecular weight excluding hydrogens is 130 g/mol. The molecule has 1 amide bonds. The summed E-state index contributed by atoms with van der Waals surface area (Å²) < 4.78 is 0. The molecule has 2 unspecified atom stereocenters. The molecule has 10 heavy (non-hydrogen) atoms. The largest absolute Gasteiger partial charge is 0.289 e. The SMILES string of the molecule is O=C(NO)C1CC2CC2C1. The van der Waals surface area contributed by atoms with Gasteiger partial charge < -0.3 is 0 Å². The van der Waals surface area contributed by atoms with Crippen LogP contribution in [0, 0.1) is 17.8 Å². The van der Waals surface area contributed by atoms with E-state index in [4.69, 9.17) is 5.21 Å². The van der Waals surface area contributed by atoms with Crippen LogP contribution in [0.3, 0.4) is 0 Å². The van der Waals surface area contributed by atoms with Crippen LogP contribution < -0.4 is 5.48 Å². The maximum atomic E-state index is 10.8. The number of carbonyl (C=O) groups excluding carboxylic acids is 1. The van der Waals surface area contributed by atoms with Crippen molar-refractivity contribution in [1.82, 2.24) is 5.48 Å². The lowest BCUT2D eigenvalue weighted by Gasteiger charge is -2.06. The zero-order valence-corrected chi connectivity index (χ0v) is 5.71. The predicted molar refractivity (Wildman–Crippen MR) is 34.3 cm³/mol. The van der Waals surface area contributed by atoms with Gasteiger partial charge in [0.25, 0.3) is 0 Å². The van der Waals surface area contributed by atoms with Gasteiger partial charge in [0.2, 0.25) is 5.91 Å². The third kappa shape index (κ3) is 0.814. The van der Waals surface area contributed by atoms with Crippen LogP contribution in [0.25, 0.3) is 0 Å². The fraction of sp³-hybridized carbons (Fsp3) is 0.857. The average molecular weight is 141 g/mol. The summed E-state index contributed by atoms with van der Waals surface area (Å²) in [5.74, 6) is 1.53. The Balaban J connectivity index is 1.90. The van der Waals surface area contributed by atoms with E-state index in [-0.39, 0.29) is 11.8 Å². The van der Waals surface area contributed by atoms with Crippen molar-refractivity contribution in [3.8, 4) is 0 Å². The van der Waals surface area contributed by atoms with Gasteiger partial charge in [-0.3, -0.25) is 10.0 Å². The minimum absolute atomic E-state index is 0.105. The van der Waals surface area contributed by atoms with Crippen LogP contribution in [-0.4, -0.2) is 11.1 Å². The van der Waals surface area contributed by atoms with Gasteiger partial charge >= 0.3 is 0 Å². The minimum Gasteiger partial charge on any atom is -0.289 e. The number of hydrogen-bond donors (Lipinski definition) is 2. The van der Waals surface area contributed by atoms with E-state index in [0.717, 1.165) is 24.7 Å². The van der Waals surface area contributed by atoms with Gasteiger partial charge in [-0.1, -0.05) is 0 Å². The Bertz CT molecular complexity index is 159. The Morgan fingerprint density at radius 3 is 2.40 bits per heavy atom. The van der Waals surface area contributed by atoms with E-state index in [1.54, 1.807) is 5.48 Å². The van der Waals surface area contributed by atoms with Crippen molar-refractivity contribution >= 4 is 5.91 Å². The fourth-order valence-corrected chi connectivity index (χ4v) is 2.02. The second-order valence-electron chi connectivity index (χ2n) is 3.40. The van der Waals surface area contributed by atoms with Crippen molar-refractivity contribution in [3.05, 3.63) is 0 Å². The summed E-state index contributed by atoms with van der Waals surface area (Å²) in [6.45, 7) is 0. The highest BCUT2D eigenvalue weighted by molar-refractivity contribution is 5.77. The van der Waals surface area contributed by atoms with Crippen LogP contribution in [0.1, 0.15) is 19.3 Å². The number of hydroxylamine groups is 1. The van der Waals surface area contributed by atoms with E-state index in [0.29, 0.717) is 0 Å². The standard InChI is InChI=1S/C7H11NO2/c9-7(8-10)6-2-4-1-5(4)3-6/h4-6,10H,1-3H2,(H,8,9). The zero-order valence-electron chi connectivity index (χ0n) is 5.71. The normalized spacial score (nSPS) is 42.7. The van der Waals surface area contributed by atoms with E-state index < -0.39 is 0 Å².